The minimum absolute atomic E-state index is 0.0522. The highest BCUT2D eigenvalue weighted by atomic mass is 16.5. The Labute approximate surface area is 142 Å². The van der Waals surface area contributed by atoms with E-state index in [2.05, 4.69) is 11.0 Å². The van der Waals surface area contributed by atoms with Crippen molar-refractivity contribution in [1.29, 1.82) is 0 Å². The van der Waals surface area contributed by atoms with Crippen LogP contribution in [0.5, 0.6) is 5.75 Å². The molecule has 0 unspecified atom stereocenters. The molecule has 24 heavy (non-hydrogen) atoms. The van der Waals surface area contributed by atoms with Crippen molar-refractivity contribution in [2.75, 3.05) is 27.2 Å². The van der Waals surface area contributed by atoms with E-state index in [-0.39, 0.29) is 12.3 Å². The molecule has 0 aromatic heterocycles. The van der Waals surface area contributed by atoms with Crippen LogP contribution in [0.2, 0.25) is 0 Å². The molecule has 2 fully saturated rings. The number of carbonyl (C=O) groups excluding carboxylic acids is 1. The lowest BCUT2D eigenvalue weighted by Gasteiger charge is -2.45. The van der Waals surface area contributed by atoms with E-state index in [4.69, 9.17) is 4.74 Å². The second kappa shape index (κ2) is 6.43. The molecule has 2 saturated heterocycles. The quantitative estimate of drug-likeness (QED) is 0.907. The fourth-order valence-corrected chi connectivity index (χ4v) is 4.11. The number of amides is 1. The van der Waals surface area contributed by atoms with Crippen molar-refractivity contribution < 1.29 is 19.4 Å². The molecule has 3 rings (SSSR count). The Kier molecular flexibility index (Phi) is 4.49. The molecule has 1 N–H and O–H groups in total. The van der Waals surface area contributed by atoms with Gasteiger partial charge in [0.25, 0.3) is 0 Å². The Hall–Kier alpha value is -2.08. The Morgan fingerprint density at radius 3 is 2.71 bits per heavy atom. The van der Waals surface area contributed by atoms with Gasteiger partial charge in [0.05, 0.1) is 18.6 Å². The number of likely N-dealkylation sites (tertiary alicyclic amines) is 2. The molecule has 1 aromatic rings. The lowest BCUT2D eigenvalue weighted by molar-refractivity contribution is -0.146. The van der Waals surface area contributed by atoms with E-state index >= 15 is 0 Å². The second-order valence-corrected chi connectivity index (χ2v) is 6.78. The van der Waals surface area contributed by atoms with Crippen molar-refractivity contribution in [2.45, 2.75) is 31.3 Å². The number of benzene rings is 1. The third kappa shape index (κ3) is 2.86. The summed E-state index contributed by atoms with van der Waals surface area (Å²) in [7, 11) is 3.41. The summed E-state index contributed by atoms with van der Waals surface area (Å²) in [6, 6.07) is 7.99. The van der Waals surface area contributed by atoms with Gasteiger partial charge in [0.2, 0.25) is 5.91 Å². The summed E-state index contributed by atoms with van der Waals surface area (Å²) in [5.41, 5.74) is 0.657. The summed E-state index contributed by atoms with van der Waals surface area (Å²) in [4.78, 5) is 27.6. The van der Waals surface area contributed by atoms with E-state index in [1.165, 1.54) is 5.56 Å². The molecule has 1 aromatic carbocycles. The van der Waals surface area contributed by atoms with Crippen LogP contribution in [0.3, 0.4) is 0 Å². The number of nitrogens with zero attached hydrogens (tertiary/aromatic N) is 2. The fourth-order valence-electron chi connectivity index (χ4n) is 4.11. The van der Waals surface area contributed by atoms with Gasteiger partial charge in [-0.2, -0.15) is 0 Å². The van der Waals surface area contributed by atoms with Crippen LogP contribution in [0.15, 0.2) is 24.3 Å². The third-order valence-electron chi connectivity index (χ3n) is 5.63. The zero-order chi connectivity index (χ0) is 17.3. The van der Waals surface area contributed by atoms with Gasteiger partial charge in [-0.1, -0.05) is 12.1 Å². The van der Waals surface area contributed by atoms with Crippen molar-refractivity contribution >= 4 is 11.9 Å². The molecule has 1 atom stereocenters. The Bertz CT molecular complexity index is 638. The molecule has 0 aliphatic carbocycles. The van der Waals surface area contributed by atoms with Gasteiger partial charge >= 0.3 is 5.97 Å². The van der Waals surface area contributed by atoms with Crippen molar-refractivity contribution in [1.82, 2.24) is 9.80 Å². The monoisotopic (exact) mass is 332 g/mol. The van der Waals surface area contributed by atoms with Crippen LogP contribution in [-0.2, 0) is 16.1 Å². The maximum Gasteiger partial charge on any atom is 0.309 e. The van der Waals surface area contributed by atoms with E-state index in [0.717, 1.165) is 25.4 Å². The van der Waals surface area contributed by atoms with Crippen LogP contribution >= 0.6 is 0 Å². The lowest BCUT2D eigenvalue weighted by atomic mass is 9.77. The molecule has 6 nitrogen and oxygen atoms in total. The Balaban J connectivity index is 1.68. The predicted octanol–water partition coefficient (Wildman–Crippen LogP) is 1.59. The van der Waals surface area contributed by atoms with Crippen molar-refractivity contribution in [3.05, 3.63) is 29.8 Å². The van der Waals surface area contributed by atoms with Gasteiger partial charge in [0.1, 0.15) is 5.75 Å². The van der Waals surface area contributed by atoms with Crippen molar-refractivity contribution in [3.8, 4) is 5.75 Å². The Morgan fingerprint density at radius 1 is 1.38 bits per heavy atom. The number of aliphatic carboxylic acids is 1. The molecule has 2 heterocycles. The third-order valence-corrected chi connectivity index (χ3v) is 5.63. The SMILES string of the molecule is COc1cccc(CN2CCC3(CC2)[C@H](C(=O)O)CC(=O)N3C)c1. The number of methoxy groups -OCH3 is 1. The van der Waals surface area contributed by atoms with E-state index in [1.807, 2.05) is 18.2 Å². The molecule has 0 radical (unpaired) electrons. The van der Waals surface area contributed by atoms with Gasteiger partial charge in [-0.3, -0.25) is 14.5 Å². The van der Waals surface area contributed by atoms with Gasteiger partial charge in [-0.05, 0) is 30.5 Å². The smallest absolute Gasteiger partial charge is 0.309 e. The summed E-state index contributed by atoms with van der Waals surface area (Å²) in [6.45, 7) is 2.39. The largest absolute Gasteiger partial charge is 0.497 e. The number of hydrogen-bond donors (Lipinski definition) is 1. The second-order valence-electron chi connectivity index (χ2n) is 6.78. The average molecular weight is 332 g/mol. The number of ether oxygens (including phenoxy) is 1. The van der Waals surface area contributed by atoms with Gasteiger partial charge in [0, 0.05) is 33.1 Å². The number of carboxylic acids is 1. The van der Waals surface area contributed by atoms with Crippen LogP contribution in [-0.4, -0.2) is 59.6 Å². The molecule has 2 aliphatic heterocycles. The highest BCUT2D eigenvalue weighted by Gasteiger charge is 2.55. The van der Waals surface area contributed by atoms with Gasteiger partial charge in [-0.15, -0.1) is 0 Å². The van der Waals surface area contributed by atoms with E-state index < -0.39 is 17.4 Å². The van der Waals surface area contributed by atoms with E-state index in [0.29, 0.717) is 12.8 Å². The summed E-state index contributed by atoms with van der Waals surface area (Å²) in [5, 5.41) is 9.52. The standard InChI is InChI=1S/C18H24N2O4/c1-19-16(21)11-15(17(22)23)18(19)6-8-20(9-7-18)12-13-4-3-5-14(10-13)24-2/h3-5,10,15H,6-9,11-12H2,1-2H3,(H,22,23)/t15-/m0/s1. The zero-order valence-electron chi connectivity index (χ0n) is 14.2. The summed E-state index contributed by atoms with van der Waals surface area (Å²) < 4.78 is 5.26. The van der Waals surface area contributed by atoms with Gasteiger partial charge in [0.15, 0.2) is 0 Å². The number of rotatable bonds is 4. The Morgan fingerprint density at radius 2 is 2.08 bits per heavy atom. The van der Waals surface area contributed by atoms with Gasteiger partial charge < -0.3 is 14.7 Å². The number of hydrogen-bond acceptors (Lipinski definition) is 4. The van der Waals surface area contributed by atoms with Crippen LogP contribution < -0.4 is 4.74 Å². The fraction of sp³-hybridized carbons (Fsp3) is 0.556. The van der Waals surface area contributed by atoms with Crippen molar-refractivity contribution in [2.24, 2.45) is 5.92 Å². The first-order valence-corrected chi connectivity index (χ1v) is 8.31. The average Bonchev–Trinajstić information content (AvgIpc) is 2.83. The van der Waals surface area contributed by atoms with Crippen LogP contribution in [0.4, 0.5) is 0 Å². The normalized spacial score (nSPS) is 23.7. The zero-order valence-corrected chi connectivity index (χ0v) is 14.2. The minimum atomic E-state index is -0.853. The van der Waals surface area contributed by atoms with Crippen molar-refractivity contribution in [3.63, 3.8) is 0 Å². The van der Waals surface area contributed by atoms with Crippen LogP contribution in [0.1, 0.15) is 24.8 Å². The number of carboxylic acid groups (broad SMARTS) is 1. The lowest BCUT2D eigenvalue weighted by Crippen LogP contribution is -2.55. The number of piperidine rings is 1. The summed E-state index contributed by atoms with van der Waals surface area (Å²) in [5.74, 6) is -0.653. The molecule has 6 heteroatoms. The molecular formula is C18H24N2O4. The maximum atomic E-state index is 12.0. The first kappa shape index (κ1) is 16.8. The molecule has 2 aliphatic rings. The molecule has 1 spiro atoms. The van der Waals surface area contributed by atoms with Crippen LogP contribution in [0, 0.1) is 5.92 Å². The molecule has 0 bridgehead atoms. The molecular weight excluding hydrogens is 308 g/mol. The minimum Gasteiger partial charge on any atom is -0.497 e. The summed E-state index contributed by atoms with van der Waals surface area (Å²) >= 11 is 0. The number of carbonyl (C=O) groups is 2. The van der Waals surface area contributed by atoms with E-state index in [9.17, 15) is 14.7 Å². The molecule has 130 valence electrons. The maximum absolute atomic E-state index is 12.0. The highest BCUT2D eigenvalue weighted by molar-refractivity contribution is 5.88. The first-order chi connectivity index (χ1) is 11.5. The predicted molar refractivity (Wildman–Crippen MR) is 88.7 cm³/mol. The highest BCUT2D eigenvalue weighted by Crippen LogP contribution is 2.43. The molecule has 0 saturated carbocycles. The summed E-state index contributed by atoms with van der Waals surface area (Å²) in [6.07, 6.45) is 1.54. The van der Waals surface area contributed by atoms with Crippen LogP contribution in [0.25, 0.3) is 0 Å². The van der Waals surface area contributed by atoms with Gasteiger partial charge in [-0.25, -0.2) is 0 Å². The topological polar surface area (TPSA) is 70.1 Å². The van der Waals surface area contributed by atoms with E-state index in [1.54, 1.807) is 19.1 Å². The first-order valence-electron chi connectivity index (χ1n) is 8.31. The molecule has 1 amide bonds.